The first-order chi connectivity index (χ1) is 16.0. The van der Waals surface area contributed by atoms with Gasteiger partial charge in [-0.15, -0.1) is 11.3 Å². The number of carbonyl (C=O) groups is 2. The lowest BCUT2D eigenvalue weighted by Crippen LogP contribution is -2.45. The first kappa shape index (κ1) is 24.7. The molecule has 0 aliphatic rings. The summed E-state index contributed by atoms with van der Waals surface area (Å²) in [6.45, 7) is 6.80. The van der Waals surface area contributed by atoms with Crippen molar-refractivity contribution in [2.24, 2.45) is 5.92 Å². The summed E-state index contributed by atoms with van der Waals surface area (Å²) in [5.41, 5.74) is 2.25. The van der Waals surface area contributed by atoms with Crippen molar-refractivity contribution in [1.29, 1.82) is 0 Å². The third-order valence-electron chi connectivity index (χ3n) is 5.32. The van der Waals surface area contributed by atoms with Crippen molar-refractivity contribution in [2.45, 2.75) is 26.9 Å². The molecule has 0 N–H and O–H groups in total. The van der Waals surface area contributed by atoms with Crippen LogP contribution in [-0.2, 0) is 22.6 Å². The first-order valence-electron chi connectivity index (χ1n) is 11.3. The number of hydrogen-bond acceptors (Lipinski definition) is 4. The molecule has 0 saturated carbocycles. The molecule has 0 atom stereocenters. The number of ether oxygens (including phenoxy) is 1. The highest BCUT2D eigenvalue weighted by Crippen LogP contribution is 2.15. The van der Waals surface area contributed by atoms with Crippen molar-refractivity contribution in [2.75, 3.05) is 33.4 Å². The highest BCUT2D eigenvalue weighted by molar-refractivity contribution is 7.12. The van der Waals surface area contributed by atoms with Gasteiger partial charge in [-0.3, -0.25) is 9.59 Å². The Morgan fingerprint density at radius 1 is 1.03 bits per heavy atom. The number of hydrogen-bond donors (Lipinski definition) is 0. The zero-order valence-electron chi connectivity index (χ0n) is 19.6. The fraction of sp³-hybridized carbons (Fsp3) is 0.385. The molecule has 6 nitrogen and oxygen atoms in total. The van der Waals surface area contributed by atoms with Gasteiger partial charge in [0.25, 0.3) is 5.91 Å². The number of methoxy groups -OCH3 is 1. The SMILES string of the molecule is COCCN(Cc1cccn1Cc1ccccc1)C(=O)CN(CC(C)C)C(=O)c1cccs1. The van der Waals surface area contributed by atoms with Gasteiger partial charge in [-0.25, -0.2) is 0 Å². The smallest absolute Gasteiger partial charge is 0.264 e. The number of carbonyl (C=O) groups excluding carboxylic acids is 2. The molecular formula is C26H33N3O3S. The molecule has 1 aromatic carbocycles. The molecule has 0 aliphatic heterocycles. The van der Waals surface area contributed by atoms with Crippen LogP contribution in [-0.4, -0.2) is 59.5 Å². The summed E-state index contributed by atoms with van der Waals surface area (Å²) in [7, 11) is 1.63. The topological polar surface area (TPSA) is 54.8 Å². The van der Waals surface area contributed by atoms with Gasteiger partial charge in [-0.1, -0.05) is 50.2 Å². The highest BCUT2D eigenvalue weighted by atomic mass is 32.1. The molecule has 0 bridgehead atoms. The third-order valence-corrected chi connectivity index (χ3v) is 6.18. The second-order valence-electron chi connectivity index (χ2n) is 8.48. The van der Waals surface area contributed by atoms with Crippen LogP contribution in [0.4, 0.5) is 0 Å². The number of rotatable bonds is 12. The second-order valence-corrected chi connectivity index (χ2v) is 9.43. The Bertz CT molecular complexity index is 999. The van der Waals surface area contributed by atoms with Gasteiger partial charge < -0.3 is 19.1 Å². The Morgan fingerprint density at radius 3 is 2.48 bits per heavy atom. The first-order valence-corrected chi connectivity index (χ1v) is 12.1. The van der Waals surface area contributed by atoms with Gasteiger partial charge in [0.15, 0.2) is 0 Å². The van der Waals surface area contributed by atoms with E-state index >= 15 is 0 Å². The van der Waals surface area contributed by atoms with Gasteiger partial charge in [0, 0.05) is 38.6 Å². The van der Waals surface area contributed by atoms with E-state index in [1.165, 1.54) is 16.9 Å². The summed E-state index contributed by atoms with van der Waals surface area (Å²) < 4.78 is 7.42. The third kappa shape index (κ3) is 7.30. The zero-order valence-corrected chi connectivity index (χ0v) is 20.5. The Balaban J connectivity index is 1.74. The number of amides is 2. The molecule has 0 aliphatic carbocycles. The number of thiophene rings is 1. The monoisotopic (exact) mass is 467 g/mol. The van der Waals surface area contributed by atoms with Crippen LogP contribution >= 0.6 is 11.3 Å². The van der Waals surface area contributed by atoms with E-state index in [0.29, 0.717) is 31.1 Å². The highest BCUT2D eigenvalue weighted by Gasteiger charge is 2.24. The lowest BCUT2D eigenvalue weighted by molar-refractivity contribution is -0.133. The average molecular weight is 468 g/mol. The van der Waals surface area contributed by atoms with Gasteiger partial charge in [0.2, 0.25) is 5.91 Å². The molecule has 33 heavy (non-hydrogen) atoms. The van der Waals surface area contributed by atoms with Crippen molar-refractivity contribution in [3.05, 3.63) is 82.3 Å². The van der Waals surface area contributed by atoms with E-state index in [2.05, 4.69) is 30.5 Å². The molecule has 0 radical (unpaired) electrons. The summed E-state index contributed by atoms with van der Waals surface area (Å²) in [4.78, 5) is 30.5. The molecule has 0 fully saturated rings. The van der Waals surface area contributed by atoms with E-state index in [-0.39, 0.29) is 24.3 Å². The largest absolute Gasteiger partial charge is 0.383 e. The fourth-order valence-electron chi connectivity index (χ4n) is 3.70. The fourth-order valence-corrected chi connectivity index (χ4v) is 4.39. The molecule has 176 valence electrons. The van der Waals surface area contributed by atoms with Crippen molar-refractivity contribution >= 4 is 23.2 Å². The van der Waals surface area contributed by atoms with Crippen molar-refractivity contribution in [3.63, 3.8) is 0 Å². The van der Waals surface area contributed by atoms with Gasteiger partial charge in [-0.05, 0) is 35.1 Å². The minimum Gasteiger partial charge on any atom is -0.383 e. The quantitative estimate of drug-likeness (QED) is 0.397. The molecule has 3 rings (SSSR count). The van der Waals surface area contributed by atoms with Crippen LogP contribution < -0.4 is 0 Å². The molecule has 0 unspecified atom stereocenters. The Morgan fingerprint density at radius 2 is 1.82 bits per heavy atom. The summed E-state index contributed by atoms with van der Waals surface area (Å²) in [6.07, 6.45) is 2.03. The van der Waals surface area contributed by atoms with E-state index < -0.39 is 0 Å². The van der Waals surface area contributed by atoms with Gasteiger partial charge >= 0.3 is 0 Å². The van der Waals surface area contributed by atoms with E-state index in [1.54, 1.807) is 16.9 Å². The van der Waals surface area contributed by atoms with E-state index in [1.807, 2.05) is 54.0 Å². The van der Waals surface area contributed by atoms with Crippen LogP contribution in [0.2, 0.25) is 0 Å². The van der Waals surface area contributed by atoms with Crippen LogP contribution in [0.1, 0.15) is 34.8 Å². The standard InChI is InChI=1S/C26H33N3O3S/c1-21(2)17-29(26(31)24-12-8-16-33-24)20-25(30)28(14-15-32-3)19-23-11-7-13-27(23)18-22-9-5-4-6-10-22/h4-13,16,21H,14-15,17-20H2,1-3H3. The molecule has 0 spiro atoms. The van der Waals surface area contributed by atoms with Gasteiger partial charge in [0.05, 0.1) is 18.0 Å². The van der Waals surface area contributed by atoms with E-state index in [9.17, 15) is 9.59 Å². The number of benzene rings is 1. The van der Waals surface area contributed by atoms with Crippen LogP contribution in [0.25, 0.3) is 0 Å². The van der Waals surface area contributed by atoms with Crippen LogP contribution in [0.15, 0.2) is 66.2 Å². The Hall–Kier alpha value is -2.90. The van der Waals surface area contributed by atoms with Crippen LogP contribution in [0, 0.1) is 5.92 Å². The Labute approximate surface area is 200 Å². The minimum absolute atomic E-state index is 0.0536. The van der Waals surface area contributed by atoms with E-state index in [4.69, 9.17) is 4.74 Å². The number of aromatic nitrogens is 1. The lowest BCUT2D eigenvalue weighted by atomic mass is 10.2. The van der Waals surface area contributed by atoms with Crippen molar-refractivity contribution in [1.82, 2.24) is 14.4 Å². The zero-order chi connectivity index (χ0) is 23.6. The summed E-state index contributed by atoms with van der Waals surface area (Å²) >= 11 is 1.40. The second kappa shape index (κ2) is 12.4. The minimum atomic E-state index is -0.0915. The van der Waals surface area contributed by atoms with Crippen LogP contribution in [0.3, 0.4) is 0 Å². The average Bonchev–Trinajstić information content (AvgIpc) is 3.48. The molecule has 2 heterocycles. The number of nitrogens with zero attached hydrogens (tertiary/aromatic N) is 3. The lowest BCUT2D eigenvalue weighted by Gasteiger charge is -2.28. The van der Waals surface area contributed by atoms with Crippen molar-refractivity contribution in [3.8, 4) is 0 Å². The van der Waals surface area contributed by atoms with Gasteiger partial charge in [-0.2, -0.15) is 0 Å². The van der Waals surface area contributed by atoms with Gasteiger partial charge in [0.1, 0.15) is 6.54 Å². The Kier molecular flexibility index (Phi) is 9.27. The van der Waals surface area contributed by atoms with E-state index in [0.717, 1.165) is 12.2 Å². The van der Waals surface area contributed by atoms with Crippen molar-refractivity contribution < 1.29 is 14.3 Å². The maximum Gasteiger partial charge on any atom is 0.264 e. The molecule has 2 aromatic heterocycles. The maximum absolute atomic E-state index is 13.4. The summed E-state index contributed by atoms with van der Waals surface area (Å²) in [5.74, 6) is 0.0912. The predicted molar refractivity (Wildman–Crippen MR) is 132 cm³/mol. The molecular weight excluding hydrogens is 434 g/mol. The summed E-state index contributed by atoms with van der Waals surface area (Å²) in [5, 5.41) is 1.88. The maximum atomic E-state index is 13.4. The molecule has 0 saturated heterocycles. The predicted octanol–water partition coefficient (Wildman–Crippen LogP) is 4.37. The molecule has 3 aromatic rings. The molecule has 7 heteroatoms. The molecule has 2 amide bonds. The normalized spacial score (nSPS) is 11.0. The van der Waals surface area contributed by atoms with Crippen LogP contribution in [0.5, 0.6) is 0 Å². The summed E-state index contributed by atoms with van der Waals surface area (Å²) in [6, 6.07) is 18.0.